The topological polar surface area (TPSA) is 76.3 Å². The molecule has 7 heteroatoms. The molecule has 0 bridgehead atoms. The largest absolute Gasteiger partial charge is 0.329 e. The van der Waals surface area contributed by atoms with Gasteiger partial charge in [0.1, 0.15) is 0 Å². The predicted molar refractivity (Wildman–Crippen MR) is 72.2 cm³/mol. The smallest absolute Gasteiger partial charge is 0.254 e. The van der Waals surface area contributed by atoms with Gasteiger partial charge in [-0.25, -0.2) is 13.4 Å². The lowest BCUT2D eigenvalue weighted by atomic mass is 10.1. The number of piperidine rings is 1. The molecule has 1 atom stereocenters. The summed E-state index contributed by atoms with van der Waals surface area (Å²) in [6.45, 7) is 4.53. The van der Waals surface area contributed by atoms with Crippen molar-refractivity contribution in [2.24, 2.45) is 5.73 Å². The summed E-state index contributed by atoms with van der Waals surface area (Å²) in [7, 11) is -3.42. The van der Waals surface area contributed by atoms with Crippen LogP contribution in [0.2, 0.25) is 0 Å². The molecular weight excluding hydrogens is 270 g/mol. The van der Waals surface area contributed by atoms with E-state index in [2.05, 4.69) is 4.98 Å². The van der Waals surface area contributed by atoms with Crippen molar-refractivity contribution in [3.63, 3.8) is 0 Å². The normalized spacial score (nSPS) is 22.3. The van der Waals surface area contributed by atoms with Crippen molar-refractivity contribution in [1.29, 1.82) is 0 Å². The van der Waals surface area contributed by atoms with Crippen LogP contribution in [0.25, 0.3) is 0 Å². The standard InChI is InChI=1S/C11H19N3O2S2/c1-8-11(17-9(2)13-8)18(15,16)14-6-4-3-5-10(14)7-12/h10H,3-7,12H2,1-2H3. The molecule has 0 amide bonds. The van der Waals surface area contributed by atoms with E-state index in [1.807, 2.05) is 6.92 Å². The first-order valence-electron chi connectivity index (χ1n) is 6.12. The van der Waals surface area contributed by atoms with Gasteiger partial charge in [-0.3, -0.25) is 0 Å². The molecule has 1 aliphatic heterocycles. The van der Waals surface area contributed by atoms with E-state index in [0.717, 1.165) is 24.3 Å². The Morgan fingerprint density at radius 1 is 1.44 bits per heavy atom. The highest BCUT2D eigenvalue weighted by atomic mass is 32.2. The molecule has 0 aromatic carbocycles. The zero-order valence-corrected chi connectivity index (χ0v) is 12.4. The molecule has 2 rings (SSSR count). The van der Waals surface area contributed by atoms with Crippen LogP contribution in [0.3, 0.4) is 0 Å². The Labute approximate surface area is 112 Å². The Bertz CT molecular complexity index is 524. The molecule has 1 aromatic heterocycles. The van der Waals surface area contributed by atoms with Gasteiger partial charge in [0, 0.05) is 19.1 Å². The number of rotatable bonds is 3. The Morgan fingerprint density at radius 3 is 2.72 bits per heavy atom. The van der Waals surface area contributed by atoms with Gasteiger partial charge in [0.15, 0.2) is 4.21 Å². The third-order valence-electron chi connectivity index (χ3n) is 3.25. The second-order valence-corrected chi connectivity index (χ2v) is 7.90. The molecule has 18 heavy (non-hydrogen) atoms. The van der Waals surface area contributed by atoms with E-state index < -0.39 is 10.0 Å². The fourth-order valence-electron chi connectivity index (χ4n) is 2.38. The van der Waals surface area contributed by atoms with Gasteiger partial charge in [-0.1, -0.05) is 6.42 Å². The lowest BCUT2D eigenvalue weighted by Gasteiger charge is -2.33. The number of aromatic nitrogens is 1. The lowest BCUT2D eigenvalue weighted by molar-refractivity contribution is 0.258. The van der Waals surface area contributed by atoms with E-state index in [4.69, 9.17) is 5.73 Å². The van der Waals surface area contributed by atoms with Gasteiger partial charge < -0.3 is 5.73 Å². The third-order valence-corrected chi connectivity index (χ3v) is 6.86. The number of hydrogen-bond acceptors (Lipinski definition) is 5. The Hall–Kier alpha value is -0.500. The number of aryl methyl sites for hydroxylation is 2. The molecule has 0 spiro atoms. The van der Waals surface area contributed by atoms with Crippen molar-refractivity contribution >= 4 is 21.4 Å². The maximum absolute atomic E-state index is 12.6. The first-order valence-corrected chi connectivity index (χ1v) is 8.38. The summed E-state index contributed by atoms with van der Waals surface area (Å²) in [5, 5.41) is 0.785. The SMILES string of the molecule is Cc1nc(C)c(S(=O)(=O)N2CCCCC2CN)s1. The van der Waals surface area contributed by atoms with Crippen LogP contribution in [0.5, 0.6) is 0 Å². The first-order chi connectivity index (χ1) is 8.46. The Balaban J connectivity index is 2.38. The summed E-state index contributed by atoms with van der Waals surface area (Å²) >= 11 is 1.25. The molecule has 0 aliphatic carbocycles. The molecular formula is C11H19N3O2S2. The second kappa shape index (κ2) is 5.24. The fraction of sp³-hybridized carbons (Fsp3) is 0.727. The van der Waals surface area contributed by atoms with Crippen molar-refractivity contribution in [3.8, 4) is 0 Å². The molecule has 102 valence electrons. The number of hydrogen-bond donors (Lipinski definition) is 1. The summed E-state index contributed by atoms with van der Waals surface area (Å²) < 4.78 is 27.2. The predicted octanol–water partition coefficient (Wildman–Crippen LogP) is 1.26. The summed E-state index contributed by atoms with van der Waals surface area (Å²) in [4.78, 5) is 4.20. The minimum atomic E-state index is -3.42. The highest BCUT2D eigenvalue weighted by Crippen LogP contribution is 2.30. The van der Waals surface area contributed by atoms with Crippen molar-refractivity contribution in [2.75, 3.05) is 13.1 Å². The lowest BCUT2D eigenvalue weighted by Crippen LogP contribution is -2.47. The van der Waals surface area contributed by atoms with E-state index in [9.17, 15) is 8.42 Å². The highest BCUT2D eigenvalue weighted by Gasteiger charge is 2.35. The maximum atomic E-state index is 12.6. The zero-order chi connectivity index (χ0) is 13.3. The number of nitrogens with zero attached hydrogens (tertiary/aromatic N) is 2. The van der Waals surface area contributed by atoms with Crippen LogP contribution in [0.1, 0.15) is 30.0 Å². The molecule has 1 unspecified atom stereocenters. The summed E-state index contributed by atoms with van der Waals surface area (Å²) in [5.41, 5.74) is 6.29. The van der Waals surface area contributed by atoms with E-state index in [-0.39, 0.29) is 6.04 Å². The van der Waals surface area contributed by atoms with Crippen molar-refractivity contribution in [2.45, 2.75) is 43.4 Å². The molecule has 0 radical (unpaired) electrons. The fourth-order valence-corrected chi connectivity index (χ4v) is 5.68. The van der Waals surface area contributed by atoms with E-state index in [1.165, 1.54) is 11.3 Å². The van der Waals surface area contributed by atoms with Gasteiger partial charge >= 0.3 is 0 Å². The molecule has 1 aliphatic rings. The zero-order valence-electron chi connectivity index (χ0n) is 10.7. The molecule has 1 saturated heterocycles. The number of nitrogens with two attached hydrogens (primary N) is 1. The Kier molecular flexibility index (Phi) is 4.05. The van der Waals surface area contributed by atoms with Crippen molar-refractivity contribution < 1.29 is 8.42 Å². The molecule has 2 heterocycles. The summed E-state index contributed by atoms with van der Waals surface area (Å²) in [6, 6.07) is -0.0643. The van der Waals surface area contributed by atoms with Crippen LogP contribution in [0.15, 0.2) is 4.21 Å². The van der Waals surface area contributed by atoms with Crippen LogP contribution in [0.4, 0.5) is 0 Å². The van der Waals surface area contributed by atoms with Crippen LogP contribution < -0.4 is 5.73 Å². The maximum Gasteiger partial charge on any atom is 0.254 e. The number of sulfonamides is 1. The van der Waals surface area contributed by atoms with Crippen molar-refractivity contribution in [3.05, 3.63) is 10.7 Å². The van der Waals surface area contributed by atoms with E-state index in [0.29, 0.717) is 23.0 Å². The van der Waals surface area contributed by atoms with Gasteiger partial charge in [0.05, 0.1) is 10.7 Å². The first kappa shape index (κ1) is 13.9. The van der Waals surface area contributed by atoms with Gasteiger partial charge in [-0.05, 0) is 26.7 Å². The summed E-state index contributed by atoms with van der Waals surface area (Å²) in [6.07, 6.45) is 2.81. The van der Waals surface area contributed by atoms with Gasteiger partial charge in [-0.15, -0.1) is 11.3 Å². The molecule has 5 nitrogen and oxygen atoms in total. The number of thiazole rings is 1. The van der Waals surface area contributed by atoms with E-state index >= 15 is 0 Å². The van der Waals surface area contributed by atoms with Crippen LogP contribution in [0, 0.1) is 13.8 Å². The molecule has 1 fully saturated rings. The van der Waals surface area contributed by atoms with Gasteiger partial charge in [-0.2, -0.15) is 4.31 Å². The molecule has 1 aromatic rings. The molecule has 0 saturated carbocycles. The van der Waals surface area contributed by atoms with Crippen LogP contribution in [-0.2, 0) is 10.0 Å². The minimum absolute atomic E-state index is 0.0643. The molecule has 2 N–H and O–H groups in total. The van der Waals surface area contributed by atoms with Gasteiger partial charge in [0.2, 0.25) is 0 Å². The quantitative estimate of drug-likeness (QED) is 0.909. The van der Waals surface area contributed by atoms with Crippen LogP contribution >= 0.6 is 11.3 Å². The van der Waals surface area contributed by atoms with Crippen molar-refractivity contribution in [1.82, 2.24) is 9.29 Å². The second-order valence-electron chi connectivity index (χ2n) is 4.61. The average molecular weight is 289 g/mol. The van der Waals surface area contributed by atoms with E-state index in [1.54, 1.807) is 11.2 Å². The van der Waals surface area contributed by atoms with Gasteiger partial charge in [0.25, 0.3) is 10.0 Å². The highest BCUT2D eigenvalue weighted by molar-refractivity contribution is 7.91. The average Bonchev–Trinajstić information content (AvgIpc) is 2.69. The Morgan fingerprint density at radius 2 is 2.17 bits per heavy atom. The summed E-state index contributed by atoms with van der Waals surface area (Å²) in [5.74, 6) is 0. The third kappa shape index (κ3) is 2.45. The monoisotopic (exact) mass is 289 g/mol. The minimum Gasteiger partial charge on any atom is -0.329 e. The van der Waals surface area contributed by atoms with Crippen LogP contribution in [-0.4, -0.2) is 36.8 Å².